The lowest BCUT2D eigenvalue weighted by atomic mass is 10.4. The molecule has 0 saturated carbocycles. The first kappa shape index (κ1) is 12.4. The van der Waals surface area contributed by atoms with Gasteiger partial charge < -0.3 is 20.2 Å². The molecule has 6 nitrogen and oxygen atoms in total. The van der Waals surface area contributed by atoms with Crippen molar-refractivity contribution in [1.29, 1.82) is 0 Å². The number of imidazole rings is 1. The van der Waals surface area contributed by atoms with E-state index in [1.807, 2.05) is 29.9 Å². The van der Waals surface area contributed by atoms with Crippen LogP contribution in [0.2, 0.25) is 0 Å². The zero-order valence-electron chi connectivity index (χ0n) is 10.3. The van der Waals surface area contributed by atoms with Gasteiger partial charge in [0.1, 0.15) is 5.69 Å². The van der Waals surface area contributed by atoms with Gasteiger partial charge in [-0.15, -0.1) is 0 Å². The number of nitrogens with one attached hydrogen (secondary N) is 1. The summed E-state index contributed by atoms with van der Waals surface area (Å²) >= 11 is 0. The van der Waals surface area contributed by atoms with Gasteiger partial charge in [-0.05, 0) is 12.1 Å². The van der Waals surface area contributed by atoms with Gasteiger partial charge in [0.25, 0.3) is 5.91 Å². The Labute approximate surface area is 105 Å². The second kappa shape index (κ2) is 5.50. The van der Waals surface area contributed by atoms with Gasteiger partial charge >= 0.3 is 0 Å². The van der Waals surface area contributed by atoms with Crippen LogP contribution in [0.1, 0.15) is 16.2 Å². The van der Waals surface area contributed by atoms with E-state index in [-0.39, 0.29) is 5.91 Å². The zero-order valence-corrected chi connectivity index (χ0v) is 10.3. The summed E-state index contributed by atoms with van der Waals surface area (Å²) in [5.41, 5.74) is 6.89. The van der Waals surface area contributed by atoms with E-state index < -0.39 is 0 Å². The molecule has 18 heavy (non-hydrogen) atoms. The lowest BCUT2D eigenvalue weighted by molar-refractivity contribution is 0.0945. The molecule has 0 aliphatic rings. The summed E-state index contributed by atoms with van der Waals surface area (Å²) in [5, 5.41) is 2.83. The Bertz CT molecular complexity index is 528. The lowest BCUT2D eigenvalue weighted by Gasteiger charge is -2.04. The normalized spacial score (nSPS) is 10.6. The molecule has 1 amide bonds. The Morgan fingerprint density at radius 3 is 3.06 bits per heavy atom. The molecule has 0 atom stereocenters. The number of hydrogen-bond acceptors (Lipinski definition) is 3. The van der Waals surface area contributed by atoms with Crippen molar-refractivity contribution in [3.05, 3.63) is 42.2 Å². The lowest BCUT2D eigenvalue weighted by Crippen LogP contribution is -2.24. The van der Waals surface area contributed by atoms with E-state index in [9.17, 15) is 4.79 Å². The van der Waals surface area contributed by atoms with E-state index in [2.05, 4.69) is 10.3 Å². The minimum Gasteiger partial charge on any atom is -0.353 e. The molecule has 2 aromatic rings. The predicted octanol–water partition coefficient (Wildman–Crippen LogP) is 0.110. The average molecular weight is 247 g/mol. The molecule has 0 aromatic carbocycles. The second-order valence-corrected chi connectivity index (χ2v) is 4.08. The summed E-state index contributed by atoms with van der Waals surface area (Å²) in [7, 11) is 1.94. The number of carbonyl (C=O) groups excluding carboxylic acids is 1. The molecular weight excluding hydrogens is 230 g/mol. The van der Waals surface area contributed by atoms with Gasteiger partial charge in [-0.2, -0.15) is 0 Å². The highest BCUT2D eigenvalue weighted by Crippen LogP contribution is 2.00. The van der Waals surface area contributed by atoms with E-state index in [1.54, 1.807) is 17.1 Å². The standard InChI is InChI=1S/C12H17N5O/c1-16-5-2-3-10(16)7-14-12(18)11-8-17(6-4-13)9-15-11/h2-3,5,8-9H,4,6-7,13H2,1H3,(H,14,18). The summed E-state index contributed by atoms with van der Waals surface area (Å²) < 4.78 is 3.77. The fourth-order valence-corrected chi connectivity index (χ4v) is 1.69. The molecule has 0 saturated heterocycles. The van der Waals surface area contributed by atoms with Crippen LogP contribution in [0.25, 0.3) is 0 Å². The smallest absolute Gasteiger partial charge is 0.271 e. The third-order valence-corrected chi connectivity index (χ3v) is 2.73. The Balaban J connectivity index is 1.93. The largest absolute Gasteiger partial charge is 0.353 e. The Morgan fingerprint density at radius 1 is 1.56 bits per heavy atom. The van der Waals surface area contributed by atoms with Crippen LogP contribution in [-0.2, 0) is 20.1 Å². The molecule has 0 unspecified atom stereocenters. The van der Waals surface area contributed by atoms with Crippen molar-refractivity contribution < 1.29 is 4.79 Å². The first-order chi connectivity index (χ1) is 8.70. The SMILES string of the molecule is Cn1cccc1CNC(=O)c1cn(CCN)cn1. The molecular formula is C12H17N5O. The van der Waals surface area contributed by atoms with E-state index in [1.165, 1.54) is 0 Å². The van der Waals surface area contributed by atoms with Crippen molar-refractivity contribution >= 4 is 5.91 Å². The highest BCUT2D eigenvalue weighted by Gasteiger charge is 2.09. The summed E-state index contributed by atoms with van der Waals surface area (Å²) in [4.78, 5) is 15.9. The topological polar surface area (TPSA) is 77.9 Å². The van der Waals surface area contributed by atoms with Gasteiger partial charge in [0.05, 0.1) is 12.9 Å². The Morgan fingerprint density at radius 2 is 2.39 bits per heavy atom. The maximum absolute atomic E-state index is 11.8. The Hall–Kier alpha value is -2.08. The summed E-state index contributed by atoms with van der Waals surface area (Å²) in [6.07, 6.45) is 5.26. The number of carbonyl (C=O) groups is 1. The first-order valence-electron chi connectivity index (χ1n) is 5.81. The van der Waals surface area contributed by atoms with Gasteiger partial charge in [0.15, 0.2) is 0 Å². The van der Waals surface area contributed by atoms with E-state index in [4.69, 9.17) is 5.73 Å². The molecule has 0 bridgehead atoms. The molecule has 2 aromatic heterocycles. The summed E-state index contributed by atoms with van der Waals surface area (Å²) in [6, 6.07) is 3.91. The maximum atomic E-state index is 11.8. The number of hydrogen-bond donors (Lipinski definition) is 2. The molecule has 0 radical (unpaired) electrons. The zero-order chi connectivity index (χ0) is 13.0. The molecule has 6 heteroatoms. The molecule has 0 fully saturated rings. The molecule has 3 N–H and O–H groups in total. The number of nitrogens with zero attached hydrogens (tertiary/aromatic N) is 3. The summed E-state index contributed by atoms with van der Waals surface area (Å²) in [6.45, 7) is 1.69. The van der Waals surface area contributed by atoms with E-state index >= 15 is 0 Å². The molecule has 96 valence electrons. The molecule has 0 spiro atoms. The number of nitrogens with two attached hydrogens (primary N) is 1. The quantitative estimate of drug-likeness (QED) is 0.787. The van der Waals surface area contributed by atoms with Crippen LogP contribution in [0, 0.1) is 0 Å². The maximum Gasteiger partial charge on any atom is 0.271 e. The van der Waals surface area contributed by atoms with Crippen LogP contribution in [0.5, 0.6) is 0 Å². The molecule has 0 aliphatic heterocycles. The monoisotopic (exact) mass is 247 g/mol. The highest BCUT2D eigenvalue weighted by atomic mass is 16.1. The Kier molecular flexibility index (Phi) is 3.78. The van der Waals surface area contributed by atoms with Gasteiger partial charge in [0.2, 0.25) is 0 Å². The highest BCUT2D eigenvalue weighted by molar-refractivity contribution is 5.91. The van der Waals surface area contributed by atoms with Crippen LogP contribution in [-0.4, -0.2) is 26.6 Å². The third kappa shape index (κ3) is 2.78. The minimum atomic E-state index is -0.174. The van der Waals surface area contributed by atoms with Crippen LogP contribution in [0.4, 0.5) is 0 Å². The van der Waals surface area contributed by atoms with Gasteiger partial charge in [-0.3, -0.25) is 4.79 Å². The van der Waals surface area contributed by atoms with Crippen LogP contribution < -0.4 is 11.1 Å². The first-order valence-corrected chi connectivity index (χ1v) is 5.81. The van der Waals surface area contributed by atoms with Crippen LogP contribution >= 0.6 is 0 Å². The molecule has 2 heterocycles. The molecule has 0 aliphatic carbocycles. The van der Waals surface area contributed by atoms with Crippen molar-refractivity contribution in [1.82, 2.24) is 19.4 Å². The second-order valence-electron chi connectivity index (χ2n) is 4.08. The predicted molar refractivity (Wildman–Crippen MR) is 67.9 cm³/mol. The van der Waals surface area contributed by atoms with Gasteiger partial charge in [-0.25, -0.2) is 4.98 Å². The summed E-state index contributed by atoms with van der Waals surface area (Å²) in [5.74, 6) is -0.174. The van der Waals surface area contributed by atoms with Crippen LogP contribution in [0.3, 0.4) is 0 Å². The van der Waals surface area contributed by atoms with Crippen LogP contribution in [0.15, 0.2) is 30.9 Å². The average Bonchev–Trinajstić information content (AvgIpc) is 2.96. The van der Waals surface area contributed by atoms with Gasteiger partial charge in [-0.1, -0.05) is 0 Å². The molecule has 2 rings (SSSR count). The van der Waals surface area contributed by atoms with Crippen molar-refractivity contribution in [2.24, 2.45) is 12.8 Å². The third-order valence-electron chi connectivity index (χ3n) is 2.73. The number of aryl methyl sites for hydroxylation is 1. The van der Waals surface area contributed by atoms with Gasteiger partial charge in [0, 0.05) is 38.2 Å². The fourth-order valence-electron chi connectivity index (χ4n) is 1.69. The fraction of sp³-hybridized carbons (Fsp3) is 0.333. The number of aromatic nitrogens is 3. The minimum absolute atomic E-state index is 0.174. The number of amides is 1. The van der Waals surface area contributed by atoms with E-state index in [0.29, 0.717) is 25.3 Å². The van der Waals surface area contributed by atoms with E-state index in [0.717, 1.165) is 5.69 Å². The van der Waals surface area contributed by atoms with Crippen molar-refractivity contribution in [3.8, 4) is 0 Å². The van der Waals surface area contributed by atoms with Crippen molar-refractivity contribution in [2.45, 2.75) is 13.1 Å². The van der Waals surface area contributed by atoms with Crippen molar-refractivity contribution in [2.75, 3.05) is 6.54 Å². The van der Waals surface area contributed by atoms with Crippen molar-refractivity contribution in [3.63, 3.8) is 0 Å². The number of rotatable bonds is 5.